The second-order valence-electron chi connectivity index (χ2n) is 4.82. The van der Waals surface area contributed by atoms with Gasteiger partial charge in [-0.3, -0.25) is 9.36 Å². The Morgan fingerprint density at radius 3 is 2.71 bits per heavy atom. The van der Waals surface area contributed by atoms with Gasteiger partial charge in [0.1, 0.15) is 24.5 Å². The smallest absolute Gasteiger partial charge is 0.326 e. The number of aliphatic hydroxyl groups is 1. The van der Waals surface area contributed by atoms with Gasteiger partial charge in [0.2, 0.25) is 0 Å². The van der Waals surface area contributed by atoms with Crippen LogP contribution in [0.5, 0.6) is 0 Å². The molecule has 24 heavy (non-hydrogen) atoms. The van der Waals surface area contributed by atoms with E-state index in [1.165, 1.54) is 0 Å². The van der Waals surface area contributed by atoms with Crippen LogP contribution in [-0.2, 0) is 16.1 Å². The number of nitrogens with zero attached hydrogens (tertiary/aromatic N) is 3. The lowest BCUT2D eigenvalue weighted by Crippen LogP contribution is -2.16. The van der Waals surface area contributed by atoms with Crippen molar-refractivity contribution in [3.05, 3.63) is 47.6 Å². The number of benzene rings is 1. The van der Waals surface area contributed by atoms with Gasteiger partial charge in [-0.05, 0) is 36.4 Å². The van der Waals surface area contributed by atoms with E-state index in [0.717, 1.165) is 5.56 Å². The predicted molar refractivity (Wildman–Crippen MR) is 92.7 cm³/mol. The molecule has 0 bridgehead atoms. The first-order chi connectivity index (χ1) is 11.2. The van der Waals surface area contributed by atoms with Crippen LogP contribution in [0.15, 0.2) is 42.6 Å². The summed E-state index contributed by atoms with van der Waals surface area (Å²) in [6.45, 7) is -0.278. The van der Waals surface area contributed by atoms with Crippen molar-refractivity contribution in [1.82, 2.24) is 14.5 Å². The highest BCUT2D eigenvalue weighted by molar-refractivity contribution is 6.30. The van der Waals surface area contributed by atoms with Gasteiger partial charge in [-0.2, -0.15) is 0 Å². The Hall–Kier alpha value is -2.44. The molecule has 2 heterocycles. The van der Waals surface area contributed by atoms with Crippen LogP contribution in [0.1, 0.15) is 7.43 Å². The summed E-state index contributed by atoms with van der Waals surface area (Å²) in [7, 11) is 0. The van der Waals surface area contributed by atoms with Crippen molar-refractivity contribution in [1.29, 1.82) is 0 Å². The third-order valence-corrected chi connectivity index (χ3v) is 3.50. The first-order valence-electron chi connectivity index (χ1n) is 7.02. The zero-order valence-electron chi connectivity index (χ0n) is 12.1. The van der Waals surface area contributed by atoms with E-state index in [1.807, 2.05) is 18.2 Å². The van der Waals surface area contributed by atoms with Gasteiger partial charge in [-0.15, -0.1) is 0 Å². The van der Waals surface area contributed by atoms with Crippen LogP contribution in [0.3, 0.4) is 0 Å². The van der Waals surface area contributed by atoms with Crippen molar-refractivity contribution in [2.75, 3.05) is 13.2 Å². The van der Waals surface area contributed by atoms with E-state index >= 15 is 0 Å². The molecule has 3 aromatic rings. The summed E-state index contributed by atoms with van der Waals surface area (Å²) in [5.74, 6) is 0.149. The Kier molecular flexibility index (Phi) is 5.89. The van der Waals surface area contributed by atoms with Crippen molar-refractivity contribution in [3.63, 3.8) is 0 Å². The van der Waals surface area contributed by atoms with Crippen LogP contribution < -0.4 is 0 Å². The Morgan fingerprint density at radius 1 is 1.25 bits per heavy atom. The minimum absolute atomic E-state index is 0. The van der Waals surface area contributed by atoms with Crippen molar-refractivity contribution >= 4 is 28.7 Å². The molecule has 2 aromatic heterocycles. The first kappa shape index (κ1) is 17.9. The lowest BCUT2D eigenvalue weighted by Gasteiger charge is -2.08. The summed E-state index contributed by atoms with van der Waals surface area (Å²) in [4.78, 5) is 20.8. The molecule has 1 aromatic carbocycles. The van der Waals surface area contributed by atoms with Gasteiger partial charge >= 0.3 is 5.97 Å². The fourth-order valence-corrected chi connectivity index (χ4v) is 2.39. The Balaban J connectivity index is 0.00000208. The summed E-state index contributed by atoms with van der Waals surface area (Å²) in [5, 5.41) is 9.37. The van der Waals surface area contributed by atoms with E-state index in [0.29, 0.717) is 22.0 Å². The van der Waals surface area contributed by atoms with Crippen LogP contribution in [0.25, 0.3) is 22.6 Å². The number of halogens is 1. The van der Waals surface area contributed by atoms with Gasteiger partial charge in [0.05, 0.1) is 6.61 Å². The lowest BCUT2D eigenvalue weighted by molar-refractivity contribution is -0.145. The molecule has 0 spiro atoms. The number of carbonyl (C=O) groups excluding carboxylic acids is 1. The third-order valence-electron chi connectivity index (χ3n) is 3.25. The number of esters is 1. The number of fused-ring (bicyclic) bond motifs is 1. The van der Waals surface area contributed by atoms with Crippen LogP contribution in [0.2, 0.25) is 5.02 Å². The molecule has 3 rings (SSSR count). The summed E-state index contributed by atoms with van der Waals surface area (Å²) < 4.78 is 6.63. The molecule has 1 N–H and O–H groups in total. The lowest BCUT2D eigenvalue weighted by atomic mass is 10.2. The van der Waals surface area contributed by atoms with Gasteiger partial charge in [-0.1, -0.05) is 19.0 Å². The number of aromatic nitrogens is 3. The van der Waals surface area contributed by atoms with Crippen molar-refractivity contribution < 1.29 is 14.6 Å². The molecule has 0 aliphatic carbocycles. The van der Waals surface area contributed by atoms with E-state index in [-0.39, 0.29) is 27.2 Å². The molecule has 6 nitrogen and oxygen atoms in total. The number of hydrogen-bond donors (Lipinski definition) is 1. The summed E-state index contributed by atoms with van der Waals surface area (Å²) >= 11 is 5.92. The SMILES string of the molecule is C.O=C(Cn1c(-c2ccc(Cl)cc2)nc2cccnc21)OCCO. The van der Waals surface area contributed by atoms with E-state index in [2.05, 4.69) is 9.97 Å². The molecule has 0 saturated carbocycles. The third kappa shape index (κ3) is 3.72. The first-order valence-corrected chi connectivity index (χ1v) is 7.40. The molecule has 0 amide bonds. The van der Waals surface area contributed by atoms with E-state index in [1.54, 1.807) is 29.0 Å². The largest absolute Gasteiger partial charge is 0.462 e. The maximum Gasteiger partial charge on any atom is 0.326 e. The predicted octanol–water partition coefficient (Wildman–Crippen LogP) is 2.92. The van der Waals surface area contributed by atoms with Crippen molar-refractivity contribution in [2.24, 2.45) is 0 Å². The summed E-state index contributed by atoms with van der Waals surface area (Å²) in [5.41, 5.74) is 2.10. The fraction of sp³-hybridized carbons (Fsp3) is 0.235. The number of carbonyl (C=O) groups is 1. The fourth-order valence-electron chi connectivity index (χ4n) is 2.26. The molecule has 7 heteroatoms. The second kappa shape index (κ2) is 7.90. The quantitative estimate of drug-likeness (QED) is 0.718. The molecule has 0 aliphatic rings. The van der Waals surface area contributed by atoms with Crippen LogP contribution in [-0.4, -0.2) is 38.8 Å². The number of imidazole rings is 1. The van der Waals surface area contributed by atoms with Crippen LogP contribution in [0, 0.1) is 0 Å². The highest BCUT2D eigenvalue weighted by Gasteiger charge is 2.16. The molecule has 126 valence electrons. The minimum Gasteiger partial charge on any atom is -0.462 e. The number of hydrogen-bond acceptors (Lipinski definition) is 5. The maximum absolute atomic E-state index is 11.9. The average molecular weight is 348 g/mol. The molecule has 0 saturated heterocycles. The van der Waals surface area contributed by atoms with Crippen molar-refractivity contribution in [3.8, 4) is 11.4 Å². The molecular formula is C17H18ClN3O3. The van der Waals surface area contributed by atoms with Crippen LogP contribution in [0.4, 0.5) is 0 Å². The highest BCUT2D eigenvalue weighted by atomic mass is 35.5. The van der Waals surface area contributed by atoms with E-state index < -0.39 is 5.97 Å². The molecule has 0 radical (unpaired) electrons. The monoisotopic (exact) mass is 347 g/mol. The zero-order valence-corrected chi connectivity index (χ0v) is 12.9. The van der Waals surface area contributed by atoms with E-state index in [9.17, 15) is 4.79 Å². The number of ether oxygens (including phenoxy) is 1. The number of pyridine rings is 1. The molecule has 0 aliphatic heterocycles. The van der Waals surface area contributed by atoms with Gasteiger partial charge in [0.25, 0.3) is 0 Å². The van der Waals surface area contributed by atoms with Gasteiger partial charge < -0.3 is 9.84 Å². The van der Waals surface area contributed by atoms with E-state index in [4.69, 9.17) is 21.4 Å². The Labute approximate surface area is 144 Å². The molecule has 0 unspecified atom stereocenters. The molecule has 0 atom stereocenters. The Bertz CT molecular complexity index is 831. The molecular weight excluding hydrogens is 330 g/mol. The maximum atomic E-state index is 11.9. The van der Waals surface area contributed by atoms with Gasteiger partial charge in [-0.25, -0.2) is 9.97 Å². The van der Waals surface area contributed by atoms with Gasteiger partial charge in [0, 0.05) is 16.8 Å². The Morgan fingerprint density at radius 2 is 2.00 bits per heavy atom. The number of rotatable bonds is 5. The summed E-state index contributed by atoms with van der Waals surface area (Å²) in [6, 6.07) is 10.8. The topological polar surface area (TPSA) is 77.2 Å². The minimum atomic E-state index is -0.459. The normalized spacial score (nSPS) is 10.4. The van der Waals surface area contributed by atoms with Crippen molar-refractivity contribution in [2.45, 2.75) is 14.0 Å². The molecule has 0 fully saturated rings. The van der Waals surface area contributed by atoms with Gasteiger partial charge in [0.15, 0.2) is 5.65 Å². The average Bonchev–Trinajstić information content (AvgIpc) is 2.92. The second-order valence-corrected chi connectivity index (χ2v) is 5.26. The zero-order chi connectivity index (χ0) is 16.2. The number of aliphatic hydroxyl groups excluding tert-OH is 1. The van der Waals surface area contributed by atoms with Crippen LogP contribution >= 0.6 is 11.6 Å². The summed E-state index contributed by atoms with van der Waals surface area (Å²) in [6.07, 6.45) is 1.64. The highest BCUT2D eigenvalue weighted by Crippen LogP contribution is 2.25. The standard InChI is InChI=1S/C16H14ClN3O3.CH4/c17-12-5-3-11(4-6-12)15-19-13-2-1-7-18-16(13)20(15)10-14(22)23-9-8-21;/h1-7,21H,8-10H2;1H4.